The van der Waals surface area contributed by atoms with Gasteiger partial charge < -0.3 is 20.7 Å². The summed E-state index contributed by atoms with van der Waals surface area (Å²) in [5, 5.41) is 3.15. The van der Waals surface area contributed by atoms with Gasteiger partial charge in [-0.2, -0.15) is 0 Å². The van der Waals surface area contributed by atoms with E-state index in [1.54, 1.807) is 0 Å². The summed E-state index contributed by atoms with van der Waals surface area (Å²) in [5.74, 6) is 1.19. The molecule has 0 unspecified atom stereocenters. The van der Waals surface area contributed by atoms with Gasteiger partial charge >= 0.3 is 0 Å². The monoisotopic (exact) mass is 359 g/mol. The second-order valence-corrected chi connectivity index (χ2v) is 7.68. The third-order valence-electron chi connectivity index (χ3n) is 5.96. The smallest absolute Gasteiger partial charge is 0.226 e. The van der Waals surface area contributed by atoms with Gasteiger partial charge in [0, 0.05) is 13.1 Å². The molecule has 26 heavy (non-hydrogen) atoms. The van der Waals surface area contributed by atoms with E-state index >= 15 is 0 Å². The first-order valence-corrected chi connectivity index (χ1v) is 10.1. The third kappa shape index (κ3) is 4.77. The summed E-state index contributed by atoms with van der Waals surface area (Å²) in [5.41, 5.74) is 6.77. The van der Waals surface area contributed by atoms with Crippen LogP contribution in [0, 0.1) is 5.41 Å². The van der Waals surface area contributed by atoms with Crippen molar-refractivity contribution in [3.63, 3.8) is 0 Å². The maximum Gasteiger partial charge on any atom is 0.226 e. The fourth-order valence-electron chi connectivity index (χ4n) is 4.30. The average Bonchev–Trinajstić information content (AvgIpc) is 2.68. The fourth-order valence-corrected chi connectivity index (χ4v) is 4.30. The lowest BCUT2D eigenvalue weighted by Gasteiger charge is -2.40. The van der Waals surface area contributed by atoms with Crippen molar-refractivity contribution in [1.82, 2.24) is 10.2 Å². The molecule has 0 bridgehead atoms. The Morgan fingerprint density at radius 1 is 1.12 bits per heavy atom. The highest BCUT2D eigenvalue weighted by Crippen LogP contribution is 2.37. The number of piperidine rings is 1. The molecule has 1 spiro atoms. The number of nitrogens with one attached hydrogen (secondary N) is 1. The van der Waals surface area contributed by atoms with E-state index in [0.717, 1.165) is 70.3 Å². The second kappa shape index (κ2) is 9.38. The average molecular weight is 360 g/mol. The van der Waals surface area contributed by atoms with Crippen molar-refractivity contribution in [3.05, 3.63) is 29.8 Å². The molecule has 0 saturated carbocycles. The molecule has 1 amide bonds. The van der Waals surface area contributed by atoms with Crippen LogP contribution in [0.5, 0.6) is 5.75 Å². The molecule has 0 aromatic heterocycles. The minimum Gasteiger partial charge on any atom is -0.491 e. The summed E-state index contributed by atoms with van der Waals surface area (Å²) < 4.78 is 5.94. The lowest BCUT2D eigenvalue weighted by Crippen LogP contribution is -2.50. The van der Waals surface area contributed by atoms with E-state index in [4.69, 9.17) is 10.5 Å². The minimum absolute atomic E-state index is 0.202. The van der Waals surface area contributed by atoms with Gasteiger partial charge in [-0.1, -0.05) is 31.0 Å². The maximum atomic E-state index is 13.0. The first-order chi connectivity index (χ1) is 12.7. The zero-order valence-corrected chi connectivity index (χ0v) is 15.8. The summed E-state index contributed by atoms with van der Waals surface area (Å²) in [4.78, 5) is 15.4. The van der Waals surface area contributed by atoms with Crippen molar-refractivity contribution in [2.24, 2.45) is 11.1 Å². The van der Waals surface area contributed by atoms with Crippen LogP contribution in [-0.2, 0) is 11.2 Å². The second-order valence-electron chi connectivity index (χ2n) is 7.68. The van der Waals surface area contributed by atoms with Gasteiger partial charge in [0.2, 0.25) is 5.91 Å². The normalized spacial score (nSPS) is 22.3. The molecule has 0 atom stereocenters. The van der Waals surface area contributed by atoms with Crippen LogP contribution in [0.4, 0.5) is 0 Å². The number of rotatable bonds is 2. The number of fused-ring (bicyclic) bond motifs is 1. The highest BCUT2D eigenvalue weighted by Gasteiger charge is 2.40. The molecule has 1 saturated heterocycles. The SMILES string of the molecule is NCCN1CCC2(CCCCCc3ccccc3OCCNC2=O)CC1. The standard InChI is InChI=1S/C21H33N3O2/c22-12-16-24-14-10-21(11-15-24)9-5-1-2-6-18-7-3-4-8-19(18)26-17-13-23-20(21)25/h3-4,7-8H,1-2,5-6,9-17,22H2,(H,23,25). The Labute approximate surface area is 157 Å². The summed E-state index contributed by atoms with van der Waals surface area (Å²) in [6.45, 7) is 4.68. The predicted octanol–water partition coefficient (Wildman–Crippen LogP) is 2.34. The molecular weight excluding hydrogens is 326 g/mol. The molecule has 1 aromatic carbocycles. The molecule has 1 aromatic rings. The number of nitrogens with two attached hydrogens (primary N) is 1. The molecule has 0 aliphatic carbocycles. The summed E-state index contributed by atoms with van der Waals surface area (Å²) in [6, 6.07) is 8.28. The summed E-state index contributed by atoms with van der Waals surface area (Å²) >= 11 is 0. The first kappa shape index (κ1) is 19.2. The Hall–Kier alpha value is -1.59. The summed E-state index contributed by atoms with van der Waals surface area (Å²) in [7, 11) is 0. The van der Waals surface area contributed by atoms with E-state index < -0.39 is 0 Å². The fraction of sp³-hybridized carbons (Fsp3) is 0.667. The van der Waals surface area contributed by atoms with Gasteiger partial charge in [-0.3, -0.25) is 4.79 Å². The van der Waals surface area contributed by atoms with Crippen molar-refractivity contribution in [2.75, 3.05) is 39.3 Å². The molecule has 1 fully saturated rings. The lowest BCUT2D eigenvalue weighted by molar-refractivity contribution is -0.134. The van der Waals surface area contributed by atoms with E-state index in [1.807, 2.05) is 12.1 Å². The van der Waals surface area contributed by atoms with Gasteiger partial charge in [0.15, 0.2) is 0 Å². The van der Waals surface area contributed by atoms with Gasteiger partial charge in [-0.05, 0) is 56.8 Å². The van der Waals surface area contributed by atoms with Crippen LogP contribution in [0.2, 0.25) is 0 Å². The largest absolute Gasteiger partial charge is 0.491 e. The zero-order chi connectivity index (χ0) is 18.2. The van der Waals surface area contributed by atoms with E-state index in [1.165, 1.54) is 5.56 Å². The number of ether oxygens (including phenoxy) is 1. The Morgan fingerprint density at radius 3 is 2.73 bits per heavy atom. The molecule has 0 radical (unpaired) electrons. The highest BCUT2D eigenvalue weighted by atomic mass is 16.5. The molecular formula is C21H33N3O2. The number of carbonyl (C=O) groups is 1. The Morgan fingerprint density at radius 2 is 1.92 bits per heavy atom. The Balaban J connectivity index is 1.64. The van der Waals surface area contributed by atoms with Crippen molar-refractivity contribution in [2.45, 2.75) is 44.9 Å². The number of carbonyl (C=O) groups excluding carboxylic acids is 1. The quantitative estimate of drug-likeness (QED) is 0.850. The number of hydrogen-bond acceptors (Lipinski definition) is 4. The van der Waals surface area contributed by atoms with E-state index in [9.17, 15) is 4.79 Å². The molecule has 2 aliphatic heterocycles. The van der Waals surface area contributed by atoms with Crippen LogP contribution in [0.15, 0.2) is 24.3 Å². The molecule has 3 rings (SSSR count). The van der Waals surface area contributed by atoms with Gasteiger partial charge in [-0.25, -0.2) is 0 Å². The van der Waals surface area contributed by atoms with E-state index in [0.29, 0.717) is 19.7 Å². The maximum absolute atomic E-state index is 13.0. The molecule has 2 aliphatic rings. The van der Waals surface area contributed by atoms with E-state index in [-0.39, 0.29) is 11.3 Å². The Bertz CT molecular complexity index is 582. The molecule has 5 heteroatoms. The Kier molecular flexibility index (Phi) is 6.92. The molecule has 2 heterocycles. The van der Waals surface area contributed by atoms with E-state index in [2.05, 4.69) is 22.3 Å². The van der Waals surface area contributed by atoms with Crippen LogP contribution in [0.3, 0.4) is 0 Å². The molecule has 3 N–H and O–H groups in total. The predicted molar refractivity (Wildman–Crippen MR) is 104 cm³/mol. The van der Waals surface area contributed by atoms with Crippen LogP contribution >= 0.6 is 0 Å². The zero-order valence-electron chi connectivity index (χ0n) is 15.8. The van der Waals surface area contributed by atoms with Crippen molar-refractivity contribution >= 4 is 5.91 Å². The van der Waals surface area contributed by atoms with Crippen molar-refractivity contribution < 1.29 is 9.53 Å². The topological polar surface area (TPSA) is 67.6 Å². The van der Waals surface area contributed by atoms with Crippen LogP contribution in [0.1, 0.15) is 44.1 Å². The van der Waals surface area contributed by atoms with Crippen molar-refractivity contribution in [3.8, 4) is 5.75 Å². The van der Waals surface area contributed by atoms with Crippen molar-refractivity contribution in [1.29, 1.82) is 0 Å². The molecule has 144 valence electrons. The van der Waals surface area contributed by atoms with Gasteiger partial charge in [0.05, 0.1) is 12.0 Å². The first-order valence-electron chi connectivity index (χ1n) is 10.1. The minimum atomic E-state index is -0.202. The number of benzene rings is 1. The highest BCUT2D eigenvalue weighted by molar-refractivity contribution is 5.82. The van der Waals surface area contributed by atoms with Gasteiger partial charge in [-0.15, -0.1) is 0 Å². The van der Waals surface area contributed by atoms with Gasteiger partial charge in [0.25, 0.3) is 0 Å². The molecule has 5 nitrogen and oxygen atoms in total. The third-order valence-corrected chi connectivity index (χ3v) is 5.96. The number of hydrogen-bond donors (Lipinski definition) is 2. The number of likely N-dealkylation sites (tertiary alicyclic amines) is 1. The number of para-hydroxylation sites is 1. The van der Waals surface area contributed by atoms with Crippen LogP contribution in [-0.4, -0.2) is 50.1 Å². The van der Waals surface area contributed by atoms with Crippen LogP contribution in [0.25, 0.3) is 0 Å². The van der Waals surface area contributed by atoms with Crippen LogP contribution < -0.4 is 15.8 Å². The lowest BCUT2D eigenvalue weighted by atomic mass is 9.73. The summed E-state index contributed by atoms with van der Waals surface area (Å²) in [6.07, 6.45) is 7.37. The number of nitrogens with zero attached hydrogens (tertiary/aromatic N) is 1. The number of aryl methyl sites for hydroxylation is 1. The van der Waals surface area contributed by atoms with Gasteiger partial charge in [0.1, 0.15) is 12.4 Å². The number of amides is 1.